The predicted molar refractivity (Wildman–Crippen MR) is 53.0 cm³/mol. The zero-order valence-electron chi connectivity index (χ0n) is 9.01. The quantitative estimate of drug-likeness (QED) is 0.842. The van der Waals surface area contributed by atoms with Gasteiger partial charge in [0.15, 0.2) is 5.69 Å². The van der Waals surface area contributed by atoms with Gasteiger partial charge in [0.25, 0.3) is 0 Å². The third kappa shape index (κ3) is 2.21. The van der Waals surface area contributed by atoms with Crippen LogP contribution in [-0.2, 0) is 19.1 Å². The second-order valence-corrected chi connectivity index (χ2v) is 4.15. The van der Waals surface area contributed by atoms with Gasteiger partial charge in [0.2, 0.25) is 0 Å². The lowest BCUT2D eigenvalue weighted by Crippen LogP contribution is -2.27. The summed E-state index contributed by atoms with van der Waals surface area (Å²) in [7, 11) is 1.85. The lowest BCUT2D eigenvalue weighted by molar-refractivity contribution is -0.141. The van der Waals surface area contributed by atoms with E-state index in [-0.39, 0.29) is 0 Å². The number of nitrogens with one attached hydrogen (secondary N) is 1. The predicted octanol–water partition coefficient (Wildman–Crippen LogP) is 1.68. The summed E-state index contributed by atoms with van der Waals surface area (Å²) < 4.78 is 38.9. The maximum Gasteiger partial charge on any atom is 0.434 e. The number of rotatable bonds is 2. The van der Waals surface area contributed by atoms with Crippen LogP contribution in [-0.4, -0.2) is 23.1 Å². The van der Waals surface area contributed by atoms with E-state index < -0.39 is 11.9 Å². The highest BCUT2D eigenvalue weighted by molar-refractivity contribution is 5.09. The molecule has 0 aromatic carbocycles. The third-order valence-electron chi connectivity index (χ3n) is 2.87. The number of hydrogen-bond acceptors (Lipinski definition) is 2. The van der Waals surface area contributed by atoms with Crippen molar-refractivity contribution < 1.29 is 13.2 Å². The number of aryl methyl sites for hydroxylation is 1. The molecule has 0 fully saturated rings. The van der Waals surface area contributed by atoms with Crippen LogP contribution >= 0.6 is 0 Å². The van der Waals surface area contributed by atoms with Gasteiger partial charge in [-0.1, -0.05) is 0 Å². The molecule has 0 amide bonds. The van der Waals surface area contributed by atoms with E-state index >= 15 is 0 Å². The minimum absolute atomic E-state index is 0.396. The van der Waals surface area contributed by atoms with E-state index in [1.807, 2.05) is 7.05 Å². The number of nitrogens with zero attached hydrogens (tertiary/aromatic N) is 2. The highest BCUT2D eigenvalue weighted by atomic mass is 19.4. The Labute approximate surface area is 91.7 Å². The van der Waals surface area contributed by atoms with Crippen LogP contribution in [0.3, 0.4) is 0 Å². The molecule has 1 aliphatic rings. The average molecular weight is 233 g/mol. The SMILES string of the molecule is CNC[C@H]1CCc2nc(C(F)(F)F)cn2C1. The summed E-state index contributed by atoms with van der Waals surface area (Å²) in [6.45, 7) is 1.46. The van der Waals surface area contributed by atoms with Gasteiger partial charge < -0.3 is 9.88 Å². The Morgan fingerprint density at radius 3 is 2.94 bits per heavy atom. The summed E-state index contributed by atoms with van der Waals surface area (Å²) in [4.78, 5) is 3.63. The number of hydrogen-bond donors (Lipinski definition) is 1. The molecule has 90 valence electrons. The molecule has 2 rings (SSSR count). The minimum Gasteiger partial charge on any atom is -0.334 e. The van der Waals surface area contributed by atoms with Crippen LogP contribution in [0.2, 0.25) is 0 Å². The van der Waals surface area contributed by atoms with E-state index in [1.165, 1.54) is 0 Å². The Morgan fingerprint density at radius 2 is 2.31 bits per heavy atom. The molecule has 2 heterocycles. The first-order chi connectivity index (χ1) is 7.50. The summed E-state index contributed by atoms with van der Waals surface area (Å²) >= 11 is 0. The van der Waals surface area contributed by atoms with Crippen molar-refractivity contribution in [2.45, 2.75) is 25.6 Å². The van der Waals surface area contributed by atoms with E-state index in [0.717, 1.165) is 19.2 Å². The van der Waals surface area contributed by atoms with Crippen molar-refractivity contribution in [1.82, 2.24) is 14.9 Å². The van der Waals surface area contributed by atoms with Crippen LogP contribution in [0.4, 0.5) is 13.2 Å². The highest BCUT2D eigenvalue weighted by Crippen LogP contribution is 2.30. The Bertz CT molecular complexity index is 370. The highest BCUT2D eigenvalue weighted by Gasteiger charge is 2.35. The van der Waals surface area contributed by atoms with Gasteiger partial charge >= 0.3 is 6.18 Å². The van der Waals surface area contributed by atoms with Gasteiger partial charge in [0.1, 0.15) is 5.82 Å². The molecule has 0 saturated heterocycles. The zero-order chi connectivity index (χ0) is 11.8. The van der Waals surface area contributed by atoms with E-state index in [0.29, 0.717) is 24.7 Å². The standard InChI is InChI=1S/C10H14F3N3/c1-14-4-7-2-3-9-15-8(10(11,12)13)6-16(9)5-7/h6-7,14H,2-5H2,1H3/t7-/m1/s1. The van der Waals surface area contributed by atoms with Crippen molar-refractivity contribution in [1.29, 1.82) is 0 Å². The van der Waals surface area contributed by atoms with Crippen LogP contribution in [0.1, 0.15) is 17.9 Å². The molecule has 0 spiro atoms. The fourth-order valence-corrected chi connectivity index (χ4v) is 2.11. The largest absolute Gasteiger partial charge is 0.434 e. The van der Waals surface area contributed by atoms with Crippen LogP contribution in [0, 0.1) is 5.92 Å². The van der Waals surface area contributed by atoms with Crippen LogP contribution < -0.4 is 5.32 Å². The molecule has 0 aliphatic carbocycles. The molecule has 3 nitrogen and oxygen atoms in total. The van der Waals surface area contributed by atoms with Gasteiger partial charge in [-0.2, -0.15) is 13.2 Å². The summed E-state index contributed by atoms with van der Waals surface area (Å²) in [5.74, 6) is 0.951. The molecule has 0 unspecified atom stereocenters. The van der Waals surface area contributed by atoms with Crippen LogP contribution in [0.5, 0.6) is 0 Å². The molecular formula is C10H14F3N3. The third-order valence-corrected chi connectivity index (χ3v) is 2.87. The number of aromatic nitrogens is 2. The Balaban J connectivity index is 2.17. The fourth-order valence-electron chi connectivity index (χ4n) is 2.11. The number of imidazole rings is 1. The summed E-state index contributed by atoms with van der Waals surface area (Å²) in [6, 6.07) is 0. The number of fused-ring (bicyclic) bond motifs is 1. The van der Waals surface area contributed by atoms with Crippen molar-refractivity contribution in [2.24, 2.45) is 5.92 Å². The Morgan fingerprint density at radius 1 is 1.56 bits per heavy atom. The fraction of sp³-hybridized carbons (Fsp3) is 0.700. The monoisotopic (exact) mass is 233 g/mol. The van der Waals surface area contributed by atoms with Gasteiger partial charge in [-0.15, -0.1) is 0 Å². The van der Waals surface area contributed by atoms with Crippen molar-refractivity contribution in [3.05, 3.63) is 17.7 Å². The molecule has 0 bridgehead atoms. The normalized spacial score (nSPS) is 20.9. The van der Waals surface area contributed by atoms with Gasteiger partial charge in [-0.25, -0.2) is 4.98 Å². The topological polar surface area (TPSA) is 29.9 Å². The Kier molecular flexibility index (Phi) is 2.92. The zero-order valence-corrected chi connectivity index (χ0v) is 9.01. The van der Waals surface area contributed by atoms with Crippen molar-refractivity contribution in [2.75, 3.05) is 13.6 Å². The molecule has 0 radical (unpaired) electrons. The van der Waals surface area contributed by atoms with Crippen LogP contribution in [0.25, 0.3) is 0 Å². The van der Waals surface area contributed by atoms with Gasteiger partial charge in [-0.3, -0.25) is 0 Å². The van der Waals surface area contributed by atoms with Crippen molar-refractivity contribution in [3.8, 4) is 0 Å². The Hall–Kier alpha value is -1.04. The first-order valence-electron chi connectivity index (χ1n) is 5.28. The summed E-state index contributed by atoms with van der Waals surface area (Å²) in [6.07, 6.45) is -1.68. The second-order valence-electron chi connectivity index (χ2n) is 4.15. The van der Waals surface area contributed by atoms with Crippen molar-refractivity contribution in [3.63, 3.8) is 0 Å². The number of halogens is 3. The molecule has 1 atom stereocenters. The molecule has 16 heavy (non-hydrogen) atoms. The molecule has 1 aromatic rings. The lowest BCUT2D eigenvalue weighted by Gasteiger charge is -2.23. The second kappa shape index (κ2) is 4.08. The minimum atomic E-state index is -4.33. The van der Waals surface area contributed by atoms with E-state index in [9.17, 15) is 13.2 Å². The maximum atomic E-state index is 12.4. The lowest BCUT2D eigenvalue weighted by atomic mass is 10.00. The summed E-state index contributed by atoms with van der Waals surface area (Å²) in [5.41, 5.74) is -0.771. The molecule has 6 heteroatoms. The molecule has 0 saturated carbocycles. The van der Waals surface area contributed by atoms with Crippen LogP contribution in [0.15, 0.2) is 6.20 Å². The van der Waals surface area contributed by atoms with E-state index in [1.54, 1.807) is 4.57 Å². The maximum absolute atomic E-state index is 12.4. The van der Waals surface area contributed by atoms with E-state index in [2.05, 4.69) is 10.3 Å². The van der Waals surface area contributed by atoms with Gasteiger partial charge in [-0.05, 0) is 25.9 Å². The summed E-state index contributed by atoms with van der Waals surface area (Å²) in [5, 5.41) is 3.05. The molecular weight excluding hydrogens is 219 g/mol. The first kappa shape index (κ1) is 11.4. The first-order valence-corrected chi connectivity index (χ1v) is 5.28. The van der Waals surface area contributed by atoms with E-state index in [4.69, 9.17) is 0 Å². The van der Waals surface area contributed by atoms with Gasteiger partial charge in [0.05, 0.1) is 0 Å². The van der Waals surface area contributed by atoms with Gasteiger partial charge in [0, 0.05) is 19.2 Å². The molecule has 1 aliphatic heterocycles. The van der Waals surface area contributed by atoms with Crippen molar-refractivity contribution >= 4 is 0 Å². The smallest absolute Gasteiger partial charge is 0.334 e. The number of alkyl halides is 3. The average Bonchev–Trinajstić information content (AvgIpc) is 2.60. The molecule has 1 N–H and O–H groups in total. The molecule has 1 aromatic heterocycles.